The van der Waals surface area contributed by atoms with E-state index in [2.05, 4.69) is 24.1 Å². The summed E-state index contributed by atoms with van der Waals surface area (Å²) in [5.41, 5.74) is 1.20. The SMILES string of the molecule is Cc1cc(C)n(CCNC(=O)C2CC(=O)N(CC(C)C)C2)c(=O)n1. The van der Waals surface area contributed by atoms with Gasteiger partial charge in [0.2, 0.25) is 11.8 Å². The molecule has 1 aliphatic rings. The van der Waals surface area contributed by atoms with E-state index in [-0.39, 0.29) is 29.8 Å². The number of carbonyl (C=O) groups is 2. The van der Waals surface area contributed by atoms with Crippen molar-refractivity contribution in [3.8, 4) is 0 Å². The van der Waals surface area contributed by atoms with E-state index in [1.807, 2.05) is 13.0 Å². The molecule has 1 aromatic rings. The Balaban J connectivity index is 1.86. The predicted octanol–water partition coefficient (Wildman–Crippen LogP) is 0.481. The fourth-order valence-corrected chi connectivity index (χ4v) is 3.05. The molecule has 24 heavy (non-hydrogen) atoms. The van der Waals surface area contributed by atoms with Crippen molar-refractivity contribution in [3.63, 3.8) is 0 Å². The molecule has 0 aliphatic carbocycles. The van der Waals surface area contributed by atoms with Gasteiger partial charge in [0.1, 0.15) is 0 Å². The summed E-state index contributed by atoms with van der Waals surface area (Å²) >= 11 is 0. The third kappa shape index (κ3) is 4.43. The molecule has 0 bridgehead atoms. The highest BCUT2D eigenvalue weighted by Crippen LogP contribution is 2.19. The average Bonchev–Trinajstić information content (AvgIpc) is 2.82. The molecule has 2 heterocycles. The Morgan fingerprint density at radius 3 is 2.71 bits per heavy atom. The molecule has 1 N–H and O–H groups in total. The van der Waals surface area contributed by atoms with Gasteiger partial charge in [-0.3, -0.25) is 14.2 Å². The van der Waals surface area contributed by atoms with Crippen molar-refractivity contribution in [3.05, 3.63) is 27.9 Å². The van der Waals surface area contributed by atoms with Crippen LogP contribution in [-0.4, -0.2) is 45.9 Å². The van der Waals surface area contributed by atoms with Crippen LogP contribution in [0.25, 0.3) is 0 Å². The molecule has 1 aromatic heterocycles. The number of aryl methyl sites for hydroxylation is 2. The number of likely N-dealkylation sites (tertiary alicyclic amines) is 1. The van der Waals surface area contributed by atoms with Crippen LogP contribution in [0.15, 0.2) is 10.9 Å². The fourth-order valence-electron chi connectivity index (χ4n) is 3.05. The van der Waals surface area contributed by atoms with Gasteiger partial charge in [-0.05, 0) is 25.8 Å². The minimum absolute atomic E-state index is 0.0404. The Kier molecular flexibility index (Phi) is 5.75. The highest BCUT2D eigenvalue weighted by atomic mass is 16.2. The lowest BCUT2D eigenvalue weighted by atomic mass is 10.1. The van der Waals surface area contributed by atoms with Crippen molar-refractivity contribution in [2.24, 2.45) is 11.8 Å². The zero-order valence-electron chi connectivity index (χ0n) is 14.8. The van der Waals surface area contributed by atoms with Crippen LogP contribution < -0.4 is 11.0 Å². The number of nitrogens with zero attached hydrogens (tertiary/aromatic N) is 3. The van der Waals surface area contributed by atoms with Gasteiger partial charge in [-0.2, -0.15) is 4.98 Å². The molecule has 0 radical (unpaired) electrons. The van der Waals surface area contributed by atoms with Crippen LogP contribution in [0.1, 0.15) is 31.7 Å². The van der Waals surface area contributed by atoms with E-state index in [0.29, 0.717) is 37.8 Å². The fraction of sp³-hybridized carbons (Fsp3) is 0.647. The molecule has 2 rings (SSSR count). The van der Waals surface area contributed by atoms with E-state index in [1.165, 1.54) is 4.57 Å². The summed E-state index contributed by atoms with van der Waals surface area (Å²) < 4.78 is 1.54. The highest BCUT2D eigenvalue weighted by molar-refractivity contribution is 5.89. The van der Waals surface area contributed by atoms with Crippen LogP contribution in [0.4, 0.5) is 0 Å². The lowest BCUT2D eigenvalue weighted by Crippen LogP contribution is -2.37. The molecule has 0 saturated carbocycles. The lowest BCUT2D eigenvalue weighted by Gasteiger charge is -2.18. The quantitative estimate of drug-likeness (QED) is 0.820. The van der Waals surface area contributed by atoms with Gasteiger partial charge in [-0.15, -0.1) is 0 Å². The molecule has 132 valence electrons. The third-order valence-electron chi connectivity index (χ3n) is 4.15. The number of amides is 2. The van der Waals surface area contributed by atoms with Gasteiger partial charge in [0.25, 0.3) is 0 Å². The summed E-state index contributed by atoms with van der Waals surface area (Å²) in [4.78, 5) is 41.7. The maximum Gasteiger partial charge on any atom is 0.348 e. The number of aromatic nitrogens is 2. The van der Waals surface area contributed by atoms with Gasteiger partial charge < -0.3 is 10.2 Å². The molecule has 7 nitrogen and oxygen atoms in total. The molecule has 1 aliphatic heterocycles. The smallest absolute Gasteiger partial charge is 0.348 e. The summed E-state index contributed by atoms with van der Waals surface area (Å²) in [6.07, 6.45) is 0.267. The first-order valence-corrected chi connectivity index (χ1v) is 8.38. The molecule has 1 saturated heterocycles. The summed E-state index contributed by atoms with van der Waals surface area (Å²) in [6.45, 7) is 9.62. The van der Waals surface area contributed by atoms with Gasteiger partial charge in [0.15, 0.2) is 0 Å². The molecular weight excluding hydrogens is 308 g/mol. The van der Waals surface area contributed by atoms with Crippen molar-refractivity contribution >= 4 is 11.8 Å². The van der Waals surface area contributed by atoms with Crippen LogP contribution in [0.3, 0.4) is 0 Å². The Hall–Kier alpha value is -2.18. The van der Waals surface area contributed by atoms with E-state index in [0.717, 1.165) is 5.69 Å². The Morgan fingerprint density at radius 1 is 1.38 bits per heavy atom. The predicted molar refractivity (Wildman–Crippen MR) is 90.5 cm³/mol. The van der Waals surface area contributed by atoms with Crippen molar-refractivity contribution in [2.45, 2.75) is 40.7 Å². The summed E-state index contributed by atoms with van der Waals surface area (Å²) in [6, 6.07) is 1.84. The normalized spacial score (nSPS) is 17.6. The van der Waals surface area contributed by atoms with Crippen LogP contribution in [0, 0.1) is 25.7 Å². The van der Waals surface area contributed by atoms with E-state index in [1.54, 1.807) is 11.8 Å². The zero-order chi connectivity index (χ0) is 17.9. The second kappa shape index (κ2) is 7.59. The minimum atomic E-state index is -0.305. The van der Waals surface area contributed by atoms with Crippen molar-refractivity contribution in [1.82, 2.24) is 19.8 Å². The first kappa shape index (κ1) is 18.2. The van der Waals surface area contributed by atoms with Crippen molar-refractivity contribution in [2.75, 3.05) is 19.6 Å². The maximum absolute atomic E-state index is 12.2. The topological polar surface area (TPSA) is 84.3 Å². The highest BCUT2D eigenvalue weighted by Gasteiger charge is 2.34. The second-order valence-electron chi connectivity index (χ2n) is 6.86. The summed E-state index contributed by atoms with van der Waals surface area (Å²) in [5.74, 6) is 0.00360. The summed E-state index contributed by atoms with van der Waals surface area (Å²) in [7, 11) is 0. The zero-order valence-corrected chi connectivity index (χ0v) is 14.8. The molecule has 1 atom stereocenters. The molecule has 1 unspecified atom stereocenters. The number of carbonyl (C=O) groups excluding carboxylic acids is 2. The average molecular weight is 334 g/mol. The van der Waals surface area contributed by atoms with Crippen LogP contribution in [0.2, 0.25) is 0 Å². The van der Waals surface area contributed by atoms with E-state index in [9.17, 15) is 14.4 Å². The Bertz CT molecular complexity index is 681. The Labute approximate surface area is 142 Å². The van der Waals surface area contributed by atoms with Gasteiger partial charge in [-0.25, -0.2) is 4.79 Å². The van der Waals surface area contributed by atoms with E-state index in [4.69, 9.17) is 0 Å². The Morgan fingerprint density at radius 2 is 2.08 bits per heavy atom. The van der Waals surface area contributed by atoms with Crippen LogP contribution >= 0.6 is 0 Å². The molecule has 1 fully saturated rings. The first-order chi connectivity index (χ1) is 11.3. The largest absolute Gasteiger partial charge is 0.354 e. The van der Waals surface area contributed by atoms with Gasteiger partial charge in [0.05, 0.1) is 5.92 Å². The van der Waals surface area contributed by atoms with Gasteiger partial charge in [-0.1, -0.05) is 13.8 Å². The van der Waals surface area contributed by atoms with Crippen LogP contribution in [-0.2, 0) is 16.1 Å². The molecule has 0 aromatic carbocycles. The minimum Gasteiger partial charge on any atom is -0.354 e. The number of hydrogen-bond acceptors (Lipinski definition) is 4. The third-order valence-corrected chi connectivity index (χ3v) is 4.15. The van der Waals surface area contributed by atoms with E-state index >= 15 is 0 Å². The van der Waals surface area contributed by atoms with Gasteiger partial charge in [0, 0.05) is 44.0 Å². The molecular formula is C17H26N4O3. The number of rotatable bonds is 6. The summed E-state index contributed by atoms with van der Waals surface area (Å²) in [5, 5.41) is 2.83. The van der Waals surface area contributed by atoms with Crippen molar-refractivity contribution < 1.29 is 9.59 Å². The first-order valence-electron chi connectivity index (χ1n) is 8.38. The molecule has 0 spiro atoms. The lowest BCUT2D eigenvalue weighted by molar-refractivity contribution is -0.129. The monoisotopic (exact) mass is 334 g/mol. The number of hydrogen-bond donors (Lipinski definition) is 1. The van der Waals surface area contributed by atoms with Crippen molar-refractivity contribution in [1.29, 1.82) is 0 Å². The van der Waals surface area contributed by atoms with Crippen LogP contribution in [0.5, 0.6) is 0 Å². The standard InChI is InChI=1S/C17H26N4O3/c1-11(2)9-20-10-14(8-15(20)22)16(23)18-5-6-21-13(4)7-12(3)19-17(21)24/h7,11,14H,5-6,8-10H2,1-4H3,(H,18,23). The molecule has 2 amide bonds. The van der Waals surface area contributed by atoms with Gasteiger partial charge >= 0.3 is 5.69 Å². The van der Waals surface area contributed by atoms with E-state index < -0.39 is 0 Å². The number of nitrogens with one attached hydrogen (secondary N) is 1. The maximum atomic E-state index is 12.2. The molecule has 7 heteroatoms. The second-order valence-corrected chi connectivity index (χ2v) is 6.86.